The van der Waals surface area contributed by atoms with E-state index >= 15 is 0 Å². The van der Waals surface area contributed by atoms with Crippen LogP contribution in [0.2, 0.25) is 0 Å². The van der Waals surface area contributed by atoms with Gasteiger partial charge < -0.3 is 11.1 Å². The number of benzene rings is 2. The van der Waals surface area contributed by atoms with E-state index in [4.69, 9.17) is 5.73 Å². The Morgan fingerprint density at radius 3 is 2.62 bits per heavy atom. The summed E-state index contributed by atoms with van der Waals surface area (Å²) in [6.07, 6.45) is 0. The average Bonchev–Trinajstić information content (AvgIpc) is 2.79. The standard InChI is InChI=1S/C14H10F3N3S/c1-6-19-11-5-10(8(18)4-12(11)21-6)20-9-3-2-7(15)13(16)14(9)17/h2-5,20H,18H2,1H3. The summed E-state index contributed by atoms with van der Waals surface area (Å²) in [7, 11) is 0. The molecule has 0 amide bonds. The zero-order valence-corrected chi connectivity index (χ0v) is 11.7. The van der Waals surface area contributed by atoms with Crippen LogP contribution in [0.4, 0.5) is 30.2 Å². The lowest BCUT2D eigenvalue weighted by Gasteiger charge is -2.10. The smallest absolute Gasteiger partial charge is 0.196 e. The van der Waals surface area contributed by atoms with Crippen molar-refractivity contribution in [3.63, 3.8) is 0 Å². The maximum absolute atomic E-state index is 13.7. The molecule has 21 heavy (non-hydrogen) atoms. The van der Waals surface area contributed by atoms with Gasteiger partial charge >= 0.3 is 0 Å². The van der Waals surface area contributed by atoms with Crippen LogP contribution in [0.15, 0.2) is 24.3 Å². The minimum absolute atomic E-state index is 0.188. The molecule has 3 aromatic rings. The summed E-state index contributed by atoms with van der Waals surface area (Å²) < 4.78 is 40.7. The Hall–Kier alpha value is -2.28. The molecule has 0 aliphatic carbocycles. The number of rotatable bonds is 2. The maximum atomic E-state index is 13.7. The summed E-state index contributed by atoms with van der Waals surface area (Å²) in [6.45, 7) is 1.86. The van der Waals surface area contributed by atoms with E-state index in [0.29, 0.717) is 16.9 Å². The van der Waals surface area contributed by atoms with Gasteiger partial charge in [0.25, 0.3) is 0 Å². The molecular weight excluding hydrogens is 299 g/mol. The third-order valence-corrected chi connectivity index (χ3v) is 3.90. The zero-order chi connectivity index (χ0) is 15.1. The monoisotopic (exact) mass is 309 g/mol. The molecule has 0 unspecified atom stereocenters. The number of nitrogens with zero attached hydrogens (tertiary/aromatic N) is 1. The minimum atomic E-state index is -1.52. The number of nitrogen functional groups attached to an aromatic ring is 1. The normalized spacial score (nSPS) is 11.0. The highest BCUT2D eigenvalue weighted by Crippen LogP contribution is 2.32. The molecule has 0 fully saturated rings. The van der Waals surface area contributed by atoms with Crippen LogP contribution in [0.3, 0.4) is 0 Å². The second-order valence-corrected chi connectivity index (χ2v) is 5.72. The highest BCUT2D eigenvalue weighted by atomic mass is 32.1. The first-order valence-electron chi connectivity index (χ1n) is 6.03. The van der Waals surface area contributed by atoms with Gasteiger partial charge in [0.15, 0.2) is 17.5 Å². The highest BCUT2D eigenvalue weighted by molar-refractivity contribution is 7.18. The summed E-state index contributed by atoms with van der Waals surface area (Å²) in [5, 5.41) is 3.54. The number of aryl methyl sites for hydroxylation is 1. The number of fused-ring (bicyclic) bond motifs is 1. The molecule has 0 saturated heterocycles. The molecule has 3 N–H and O–H groups in total. The predicted octanol–water partition coefficient (Wildman–Crippen LogP) is 4.35. The Balaban J connectivity index is 2.05. The predicted molar refractivity (Wildman–Crippen MR) is 78.4 cm³/mol. The topological polar surface area (TPSA) is 50.9 Å². The fourth-order valence-electron chi connectivity index (χ4n) is 1.98. The minimum Gasteiger partial charge on any atom is -0.397 e. The third-order valence-electron chi connectivity index (χ3n) is 2.97. The second-order valence-electron chi connectivity index (χ2n) is 4.49. The van der Waals surface area contributed by atoms with Crippen molar-refractivity contribution in [2.24, 2.45) is 0 Å². The lowest BCUT2D eigenvalue weighted by molar-refractivity contribution is 0.449. The molecule has 0 saturated carbocycles. The molecule has 0 atom stereocenters. The van der Waals surface area contributed by atoms with Gasteiger partial charge in [0.05, 0.1) is 32.3 Å². The first kappa shape index (κ1) is 13.7. The van der Waals surface area contributed by atoms with Crippen molar-refractivity contribution in [1.29, 1.82) is 0 Å². The molecule has 0 spiro atoms. The van der Waals surface area contributed by atoms with Crippen LogP contribution >= 0.6 is 11.3 Å². The summed E-state index contributed by atoms with van der Waals surface area (Å²) in [4.78, 5) is 4.31. The quantitative estimate of drug-likeness (QED) is 0.546. The van der Waals surface area contributed by atoms with Crippen molar-refractivity contribution in [2.75, 3.05) is 11.1 Å². The molecule has 0 aliphatic rings. The van der Waals surface area contributed by atoms with Crippen molar-refractivity contribution < 1.29 is 13.2 Å². The van der Waals surface area contributed by atoms with Crippen LogP contribution in [0.5, 0.6) is 0 Å². The molecule has 3 nitrogen and oxygen atoms in total. The van der Waals surface area contributed by atoms with Crippen LogP contribution in [0.25, 0.3) is 10.2 Å². The lowest BCUT2D eigenvalue weighted by atomic mass is 10.2. The van der Waals surface area contributed by atoms with Crippen LogP contribution in [0, 0.1) is 24.4 Å². The number of hydrogen-bond donors (Lipinski definition) is 2. The van der Waals surface area contributed by atoms with E-state index in [1.54, 1.807) is 12.1 Å². The van der Waals surface area contributed by atoms with Gasteiger partial charge in [-0.25, -0.2) is 18.2 Å². The Labute approximate surface area is 122 Å². The average molecular weight is 309 g/mol. The first-order valence-corrected chi connectivity index (χ1v) is 6.84. The third kappa shape index (κ3) is 2.40. The molecule has 1 aromatic heterocycles. The number of nitrogens with two attached hydrogens (primary N) is 1. The maximum Gasteiger partial charge on any atom is 0.196 e. The molecule has 0 bridgehead atoms. The van der Waals surface area contributed by atoms with Crippen molar-refractivity contribution >= 4 is 38.6 Å². The SMILES string of the molecule is Cc1nc2cc(Nc3ccc(F)c(F)c3F)c(N)cc2s1. The molecular formula is C14H10F3N3S. The van der Waals surface area contributed by atoms with Crippen molar-refractivity contribution in [2.45, 2.75) is 6.92 Å². The summed E-state index contributed by atoms with van der Waals surface area (Å²) in [6, 6.07) is 5.32. The molecule has 108 valence electrons. The Kier molecular flexibility index (Phi) is 3.21. The Morgan fingerprint density at radius 1 is 1.10 bits per heavy atom. The number of anilines is 3. The number of nitrogens with one attached hydrogen (secondary N) is 1. The molecule has 1 heterocycles. The number of aromatic nitrogens is 1. The van der Waals surface area contributed by atoms with Gasteiger partial charge in [-0.05, 0) is 31.2 Å². The van der Waals surface area contributed by atoms with Crippen LogP contribution in [-0.4, -0.2) is 4.98 Å². The summed E-state index contributed by atoms with van der Waals surface area (Å²) in [5.41, 5.74) is 7.16. The number of thiazole rings is 1. The summed E-state index contributed by atoms with van der Waals surface area (Å²) >= 11 is 1.49. The van der Waals surface area contributed by atoms with Gasteiger partial charge in [-0.1, -0.05) is 0 Å². The van der Waals surface area contributed by atoms with E-state index in [2.05, 4.69) is 10.3 Å². The molecule has 7 heteroatoms. The van der Waals surface area contributed by atoms with E-state index < -0.39 is 17.5 Å². The van der Waals surface area contributed by atoms with Gasteiger partial charge in [-0.3, -0.25) is 0 Å². The molecule has 2 aromatic carbocycles. The largest absolute Gasteiger partial charge is 0.397 e. The van der Waals surface area contributed by atoms with Gasteiger partial charge in [0.1, 0.15) is 0 Å². The van der Waals surface area contributed by atoms with Gasteiger partial charge in [-0.15, -0.1) is 11.3 Å². The molecule has 0 aliphatic heterocycles. The van der Waals surface area contributed by atoms with Crippen molar-refractivity contribution in [1.82, 2.24) is 4.98 Å². The zero-order valence-electron chi connectivity index (χ0n) is 10.9. The van der Waals surface area contributed by atoms with E-state index in [1.165, 1.54) is 11.3 Å². The van der Waals surface area contributed by atoms with Gasteiger partial charge in [-0.2, -0.15) is 0 Å². The van der Waals surface area contributed by atoms with Crippen molar-refractivity contribution in [3.05, 3.63) is 46.7 Å². The summed E-state index contributed by atoms with van der Waals surface area (Å²) in [5.74, 6) is -4.05. The number of halogens is 3. The van der Waals surface area contributed by atoms with Crippen LogP contribution < -0.4 is 11.1 Å². The van der Waals surface area contributed by atoms with Crippen LogP contribution in [0.1, 0.15) is 5.01 Å². The fraction of sp³-hybridized carbons (Fsp3) is 0.0714. The highest BCUT2D eigenvalue weighted by Gasteiger charge is 2.15. The number of hydrogen-bond acceptors (Lipinski definition) is 4. The van der Waals surface area contributed by atoms with Crippen LogP contribution in [-0.2, 0) is 0 Å². The lowest BCUT2D eigenvalue weighted by Crippen LogP contribution is -2.01. The Morgan fingerprint density at radius 2 is 1.86 bits per heavy atom. The van der Waals surface area contributed by atoms with Gasteiger partial charge in [0.2, 0.25) is 0 Å². The first-order chi connectivity index (χ1) is 9.95. The van der Waals surface area contributed by atoms with E-state index in [-0.39, 0.29) is 5.69 Å². The molecule has 3 rings (SSSR count). The second kappa shape index (κ2) is 4.92. The van der Waals surface area contributed by atoms with E-state index in [0.717, 1.165) is 21.8 Å². The molecule has 0 radical (unpaired) electrons. The Bertz CT molecular complexity index is 845. The van der Waals surface area contributed by atoms with E-state index in [9.17, 15) is 13.2 Å². The van der Waals surface area contributed by atoms with E-state index in [1.807, 2.05) is 6.92 Å². The van der Waals surface area contributed by atoms with Gasteiger partial charge in [0, 0.05) is 0 Å². The fourth-order valence-corrected chi connectivity index (χ4v) is 2.84. The van der Waals surface area contributed by atoms with Crippen molar-refractivity contribution in [3.8, 4) is 0 Å².